The van der Waals surface area contributed by atoms with Gasteiger partial charge in [0, 0.05) is 18.6 Å². The van der Waals surface area contributed by atoms with Crippen LogP contribution >= 0.6 is 11.6 Å². The van der Waals surface area contributed by atoms with Gasteiger partial charge in [0.25, 0.3) is 5.91 Å². The molecule has 0 spiro atoms. The zero-order chi connectivity index (χ0) is 19.7. The summed E-state index contributed by atoms with van der Waals surface area (Å²) in [6.45, 7) is 0.320. The standard InChI is InChI=1S/C22H19ClN2O3/c1-24(12-15-6-7-16-4-2-3-5-17(16)10-15)21(26)13-25-19-11-18(23)8-9-20(19)28-14-22(25)27/h2-11H,12-14H2,1H3. The fourth-order valence-corrected chi connectivity index (χ4v) is 3.47. The number of likely N-dealkylation sites (N-methyl/N-ethyl adjacent to an activating group) is 1. The summed E-state index contributed by atoms with van der Waals surface area (Å²) in [7, 11) is 1.74. The monoisotopic (exact) mass is 394 g/mol. The lowest BCUT2D eigenvalue weighted by Gasteiger charge is -2.30. The minimum atomic E-state index is -0.262. The van der Waals surface area contributed by atoms with Gasteiger partial charge in [-0.2, -0.15) is 0 Å². The summed E-state index contributed by atoms with van der Waals surface area (Å²) in [6, 6.07) is 19.3. The van der Waals surface area contributed by atoms with Crippen molar-refractivity contribution < 1.29 is 14.3 Å². The molecule has 28 heavy (non-hydrogen) atoms. The lowest BCUT2D eigenvalue weighted by Crippen LogP contribution is -2.45. The third-order valence-corrected chi connectivity index (χ3v) is 5.05. The molecule has 0 saturated carbocycles. The van der Waals surface area contributed by atoms with Crippen molar-refractivity contribution in [2.75, 3.05) is 25.1 Å². The number of anilines is 1. The molecule has 4 rings (SSSR count). The number of ether oxygens (including phenoxy) is 1. The number of carbonyl (C=O) groups is 2. The van der Waals surface area contributed by atoms with Crippen molar-refractivity contribution in [1.29, 1.82) is 0 Å². The molecule has 0 atom stereocenters. The molecule has 2 amide bonds. The number of amides is 2. The number of halogens is 1. The van der Waals surface area contributed by atoms with Gasteiger partial charge in [-0.3, -0.25) is 14.5 Å². The molecule has 0 bridgehead atoms. The number of hydrogen-bond acceptors (Lipinski definition) is 3. The number of rotatable bonds is 4. The van der Waals surface area contributed by atoms with Gasteiger partial charge >= 0.3 is 0 Å². The summed E-state index contributed by atoms with van der Waals surface area (Å²) < 4.78 is 5.42. The first kappa shape index (κ1) is 18.3. The number of fused-ring (bicyclic) bond motifs is 2. The van der Waals surface area contributed by atoms with E-state index in [2.05, 4.69) is 12.1 Å². The van der Waals surface area contributed by atoms with Crippen LogP contribution in [0.3, 0.4) is 0 Å². The van der Waals surface area contributed by atoms with Gasteiger partial charge in [0.15, 0.2) is 6.61 Å². The molecule has 6 heteroatoms. The maximum absolute atomic E-state index is 12.8. The molecule has 1 aliphatic heterocycles. The van der Waals surface area contributed by atoms with Crippen molar-refractivity contribution in [3.8, 4) is 5.75 Å². The first-order valence-electron chi connectivity index (χ1n) is 8.95. The summed E-state index contributed by atoms with van der Waals surface area (Å²) in [5.41, 5.74) is 1.56. The Morgan fingerprint density at radius 1 is 1.11 bits per heavy atom. The van der Waals surface area contributed by atoms with Crippen LogP contribution in [0.15, 0.2) is 60.7 Å². The molecular formula is C22H19ClN2O3. The molecular weight excluding hydrogens is 376 g/mol. The van der Waals surface area contributed by atoms with Crippen molar-refractivity contribution in [2.24, 2.45) is 0 Å². The van der Waals surface area contributed by atoms with Crippen LogP contribution in [0.25, 0.3) is 10.8 Å². The van der Waals surface area contributed by atoms with Crippen molar-refractivity contribution >= 4 is 39.9 Å². The molecule has 3 aromatic carbocycles. The number of hydrogen-bond donors (Lipinski definition) is 0. The van der Waals surface area contributed by atoms with Crippen LogP contribution in [0.4, 0.5) is 5.69 Å². The predicted octanol–water partition coefficient (Wildman–Crippen LogP) is 3.88. The third-order valence-electron chi connectivity index (χ3n) is 4.82. The van der Waals surface area contributed by atoms with Crippen LogP contribution in [0, 0.1) is 0 Å². The molecule has 5 nitrogen and oxygen atoms in total. The van der Waals surface area contributed by atoms with E-state index in [-0.39, 0.29) is 25.0 Å². The summed E-state index contributed by atoms with van der Waals surface area (Å²) >= 11 is 6.05. The Morgan fingerprint density at radius 2 is 1.89 bits per heavy atom. The Balaban J connectivity index is 1.50. The van der Waals surface area contributed by atoms with Crippen LogP contribution in [-0.4, -0.2) is 36.9 Å². The van der Waals surface area contributed by atoms with E-state index in [4.69, 9.17) is 16.3 Å². The highest BCUT2D eigenvalue weighted by atomic mass is 35.5. The highest BCUT2D eigenvalue weighted by Crippen LogP contribution is 2.34. The zero-order valence-electron chi connectivity index (χ0n) is 15.4. The van der Waals surface area contributed by atoms with Gasteiger partial charge in [-0.25, -0.2) is 0 Å². The maximum atomic E-state index is 12.8. The van der Waals surface area contributed by atoms with E-state index in [9.17, 15) is 9.59 Å². The van der Waals surface area contributed by atoms with Crippen molar-refractivity contribution in [2.45, 2.75) is 6.54 Å². The van der Waals surface area contributed by atoms with Gasteiger partial charge in [0.2, 0.25) is 5.91 Å². The van der Waals surface area contributed by atoms with Gasteiger partial charge in [-0.05, 0) is 40.6 Å². The topological polar surface area (TPSA) is 49.9 Å². The molecule has 1 heterocycles. The van der Waals surface area contributed by atoms with Crippen LogP contribution in [0.5, 0.6) is 5.75 Å². The fraction of sp³-hybridized carbons (Fsp3) is 0.182. The van der Waals surface area contributed by atoms with E-state index in [0.717, 1.165) is 16.3 Å². The molecule has 1 aliphatic rings. The van der Waals surface area contributed by atoms with Gasteiger partial charge < -0.3 is 9.64 Å². The summed E-state index contributed by atoms with van der Waals surface area (Å²) in [6.07, 6.45) is 0. The minimum Gasteiger partial charge on any atom is -0.482 e. The summed E-state index contributed by atoms with van der Waals surface area (Å²) in [4.78, 5) is 28.2. The molecule has 0 aromatic heterocycles. The van der Waals surface area contributed by atoms with E-state index in [1.54, 1.807) is 30.1 Å². The van der Waals surface area contributed by atoms with E-state index < -0.39 is 0 Å². The maximum Gasteiger partial charge on any atom is 0.265 e. The van der Waals surface area contributed by atoms with Crippen LogP contribution in [0.2, 0.25) is 5.02 Å². The molecule has 3 aromatic rings. The predicted molar refractivity (Wildman–Crippen MR) is 110 cm³/mol. The Morgan fingerprint density at radius 3 is 2.71 bits per heavy atom. The molecule has 0 aliphatic carbocycles. The molecule has 0 N–H and O–H groups in total. The highest BCUT2D eigenvalue weighted by Gasteiger charge is 2.28. The Hall–Kier alpha value is -3.05. The van der Waals surface area contributed by atoms with Crippen LogP contribution in [-0.2, 0) is 16.1 Å². The normalized spacial score (nSPS) is 13.2. The minimum absolute atomic E-state index is 0.0559. The first-order valence-corrected chi connectivity index (χ1v) is 9.33. The summed E-state index contributed by atoms with van der Waals surface area (Å²) in [5.74, 6) is 0.130. The van der Waals surface area contributed by atoms with Crippen molar-refractivity contribution in [3.05, 3.63) is 71.2 Å². The quantitative estimate of drug-likeness (QED) is 0.674. The second-order valence-corrected chi connectivity index (χ2v) is 7.25. The summed E-state index contributed by atoms with van der Waals surface area (Å²) in [5, 5.41) is 2.78. The van der Waals surface area contributed by atoms with E-state index >= 15 is 0 Å². The molecule has 0 saturated heterocycles. The van der Waals surface area contributed by atoms with E-state index in [0.29, 0.717) is 23.0 Å². The lowest BCUT2D eigenvalue weighted by atomic mass is 10.1. The molecule has 0 radical (unpaired) electrons. The average Bonchev–Trinajstić information content (AvgIpc) is 2.70. The number of benzene rings is 3. The highest BCUT2D eigenvalue weighted by molar-refractivity contribution is 6.31. The number of nitrogens with zero attached hydrogens (tertiary/aromatic N) is 2. The average molecular weight is 395 g/mol. The Kier molecular flexibility index (Phi) is 4.92. The smallest absolute Gasteiger partial charge is 0.265 e. The van der Waals surface area contributed by atoms with E-state index in [1.165, 1.54) is 4.90 Å². The van der Waals surface area contributed by atoms with Gasteiger partial charge in [-0.15, -0.1) is 0 Å². The van der Waals surface area contributed by atoms with Crippen LogP contribution < -0.4 is 9.64 Å². The Labute approximate surface area is 168 Å². The lowest BCUT2D eigenvalue weighted by molar-refractivity contribution is -0.131. The van der Waals surface area contributed by atoms with Crippen molar-refractivity contribution in [1.82, 2.24) is 4.90 Å². The second-order valence-electron chi connectivity index (χ2n) is 6.81. The van der Waals surface area contributed by atoms with Crippen LogP contribution in [0.1, 0.15) is 5.56 Å². The Bertz CT molecular complexity index is 1070. The first-order chi connectivity index (χ1) is 13.5. The van der Waals surface area contributed by atoms with E-state index in [1.807, 2.05) is 30.3 Å². The third kappa shape index (κ3) is 3.66. The van der Waals surface area contributed by atoms with Gasteiger partial charge in [-0.1, -0.05) is 48.0 Å². The largest absolute Gasteiger partial charge is 0.482 e. The molecule has 142 valence electrons. The van der Waals surface area contributed by atoms with Crippen molar-refractivity contribution in [3.63, 3.8) is 0 Å². The number of carbonyl (C=O) groups excluding carboxylic acids is 2. The van der Waals surface area contributed by atoms with Gasteiger partial charge in [0.1, 0.15) is 12.3 Å². The zero-order valence-corrected chi connectivity index (χ0v) is 16.1. The molecule has 0 unspecified atom stereocenters. The van der Waals surface area contributed by atoms with Gasteiger partial charge in [0.05, 0.1) is 5.69 Å². The fourth-order valence-electron chi connectivity index (χ4n) is 3.30. The SMILES string of the molecule is CN(Cc1ccc2ccccc2c1)C(=O)CN1C(=O)COc2ccc(Cl)cc21. The second kappa shape index (κ2) is 7.52. The molecule has 0 fully saturated rings.